The Bertz CT molecular complexity index is 1900. The zero-order valence-electron chi connectivity index (χ0n) is 60.6. The number of carbonyl (C=O) groups is 4. The standard InChI is InChI=1S/C75H142O17P2/c1-6-9-12-15-18-21-23-25-28-32-36-39-44-49-54-59-73(78)86-65-71(92-75(80)61-56-51-46-41-37-33-30-27-26-29-31-34-38-42-47-52-57-68(4)5)67-90-94(83,84)88-63-69(76)62-87-93(81,82)89-66-70(64-85-72(77)58-53-48-43-20-17-14-11-8-3)91-74(79)60-55-50-45-40-35-24-22-19-16-13-10-7-2/h21,23,25,28,68-71,76H,6-20,22,24,26-27,29-67H2,1-5H3,(H,81,82)(H,83,84)/b23-21-,28-25-/t69-,70+,71+/m0/s1. The van der Waals surface area contributed by atoms with Crippen molar-refractivity contribution in [2.45, 2.75) is 387 Å². The Kier molecular flexibility index (Phi) is 65.9. The number of rotatable bonds is 73. The van der Waals surface area contributed by atoms with Gasteiger partial charge in [-0.3, -0.25) is 37.3 Å². The van der Waals surface area contributed by atoms with E-state index in [1.165, 1.54) is 167 Å². The topological polar surface area (TPSA) is 237 Å². The maximum absolute atomic E-state index is 13.1. The molecule has 0 fully saturated rings. The highest BCUT2D eigenvalue weighted by molar-refractivity contribution is 7.47. The summed E-state index contributed by atoms with van der Waals surface area (Å²) in [6.45, 7) is 7.22. The molecule has 0 saturated heterocycles. The van der Waals surface area contributed by atoms with Crippen molar-refractivity contribution in [3.8, 4) is 0 Å². The molecule has 19 heteroatoms. The van der Waals surface area contributed by atoms with Crippen LogP contribution in [0.2, 0.25) is 0 Å². The molecule has 2 unspecified atom stereocenters. The number of aliphatic hydroxyl groups excluding tert-OH is 1. The van der Waals surface area contributed by atoms with E-state index in [0.717, 1.165) is 121 Å². The van der Waals surface area contributed by atoms with E-state index in [9.17, 15) is 43.2 Å². The molecule has 0 rings (SSSR count). The summed E-state index contributed by atoms with van der Waals surface area (Å²) in [5, 5.41) is 10.6. The first-order valence-corrected chi connectivity index (χ1v) is 41.4. The minimum absolute atomic E-state index is 0.101. The Hall–Kier alpha value is -2.46. The molecule has 0 radical (unpaired) electrons. The van der Waals surface area contributed by atoms with Crippen LogP contribution in [-0.2, 0) is 65.4 Å². The highest BCUT2D eigenvalue weighted by Gasteiger charge is 2.30. The molecule has 0 spiro atoms. The maximum Gasteiger partial charge on any atom is 0.472 e. The Labute approximate surface area is 573 Å². The number of carbonyl (C=O) groups excluding carboxylic acids is 4. The van der Waals surface area contributed by atoms with Gasteiger partial charge in [-0.25, -0.2) is 9.13 Å². The molecule has 3 N–H and O–H groups in total. The Morgan fingerprint density at radius 3 is 0.872 bits per heavy atom. The van der Waals surface area contributed by atoms with Crippen LogP contribution in [-0.4, -0.2) is 96.7 Å². The summed E-state index contributed by atoms with van der Waals surface area (Å²) in [4.78, 5) is 72.6. The third kappa shape index (κ3) is 68.1. The summed E-state index contributed by atoms with van der Waals surface area (Å²) in [7, 11) is -9.91. The Morgan fingerprint density at radius 1 is 0.330 bits per heavy atom. The fraction of sp³-hybridized carbons (Fsp3) is 0.893. The molecule has 17 nitrogen and oxygen atoms in total. The molecule has 0 aromatic carbocycles. The van der Waals surface area contributed by atoms with Gasteiger partial charge in [0.15, 0.2) is 12.2 Å². The first kappa shape index (κ1) is 91.5. The van der Waals surface area contributed by atoms with Crippen LogP contribution in [0, 0.1) is 5.92 Å². The summed E-state index contributed by atoms with van der Waals surface area (Å²) in [5.41, 5.74) is 0. The molecule has 0 aliphatic heterocycles. The largest absolute Gasteiger partial charge is 0.472 e. The fourth-order valence-electron chi connectivity index (χ4n) is 11.0. The third-order valence-corrected chi connectivity index (χ3v) is 18.8. The molecule has 0 bridgehead atoms. The molecule has 0 amide bonds. The number of phosphoric ester groups is 2. The molecular formula is C75H142O17P2. The number of esters is 4. The fourth-order valence-corrected chi connectivity index (χ4v) is 12.6. The molecule has 554 valence electrons. The summed E-state index contributed by atoms with van der Waals surface area (Å²) >= 11 is 0. The monoisotopic (exact) mass is 1380 g/mol. The number of aliphatic hydroxyl groups is 1. The van der Waals surface area contributed by atoms with Gasteiger partial charge in [-0.15, -0.1) is 0 Å². The van der Waals surface area contributed by atoms with Gasteiger partial charge in [-0.1, -0.05) is 316 Å². The van der Waals surface area contributed by atoms with Gasteiger partial charge in [0.25, 0.3) is 0 Å². The van der Waals surface area contributed by atoms with Gasteiger partial charge in [-0.05, 0) is 57.3 Å². The Balaban J connectivity index is 5.24. The molecule has 5 atom stereocenters. The zero-order chi connectivity index (χ0) is 69.1. The predicted octanol–water partition coefficient (Wildman–Crippen LogP) is 21.6. The van der Waals surface area contributed by atoms with E-state index >= 15 is 0 Å². The van der Waals surface area contributed by atoms with E-state index in [0.29, 0.717) is 25.7 Å². The lowest BCUT2D eigenvalue weighted by molar-refractivity contribution is -0.161. The first-order chi connectivity index (χ1) is 45.5. The van der Waals surface area contributed by atoms with E-state index < -0.39 is 97.5 Å². The van der Waals surface area contributed by atoms with E-state index in [1.54, 1.807) is 0 Å². The van der Waals surface area contributed by atoms with Crippen molar-refractivity contribution in [1.29, 1.82) is 0 Å². The highest BCUT2D eigenvalue weighted by Crippen LogP contribution is 2.45. The van der Waals surface area contributed by atoms with Gasteiger partial charge in [0.2, 0.25) is 0 Å². The highest BCUT2D eigenvalue weighted by atomic mass is 31.2. The van der Waals surface area contributed by atoms with Crippen molar-refractivity contribution in [2.24, 2.45) is 5.92 Å². The summed E-state index contributed by atoms with van der Waals surface area (Å²) < 4.78 is 68.4. The van der Waals surface area contributed by atoms with Gasteiger partial charge in [0, 0.05) is 25.7 Å². The normalized spacial score (nSPS) is 14.1. The lowest BCUT2D eigenvalue weighted by atomic mass is 10.0. The van der Waals surface area contributed by atoms with Crippen molar-refractivity contribution < 1.29 is 80.2 Å². The average Bonchev–Trinajstić information content (AvgIpc) is 1.10. The molecular weight excluding hydrogens is 1230 g/mol. The molecule has 0 aliphatic carbocycles. The maximum atomic E-state index is 13.1. The zero-order valence-corrected chi connectivity index (χ0v) is 62.4. The van der Waals surface area contributed by atoms with Crippen LogP contribution in [0.4, 0.5) is 0 Å². The van der Waals surface area contributed by atoms with Gasteiger partial charge in [0.1, 0.15) is 19.3 Å². The smallest absolute Gasteiger partial charge is 0.462 e. The van der Waals surface area contributed by atoms with Gasteiger partial charge in [0.05, 0.1) is 26.4 Å². The van der Waals surface area contributed by atoms with Crippen molar-refractivity contribution in [3.63, 3.8) is 0 Å². The minimum atomic E-state index is -4.96. The molecule has 0 saturated carbocycles. The Morgan fingerprint density at radius 2 is 0.574 bits per heavy atom. The summed E-state index contributed by atoms with van der Waals surface area (Å²) in [6, 6.07) is 0. The van der Waals surface area contributed by atoms with E-state index in [4.69, 9.17) is 37.0 Å². The second kappa shape index (κ2) is 67.7. The van der Waals surface area contributed by atoms with Crippen LogP contribution < -0.4 is 0 Å². The van der Waals surface area contributed by atoms with Crippen LogP contribution in [0.1, 0.15) is 369 Å². The van der Waals surface area contributed by atoms with E-state index in [-0.39, 0.29) is 25.7 Å². The lowest BCUT2D eigenvalue weighted by Gasteiger charge is -2.21. The lowest BCUT2D eigenvalue weighted by Crippen LogP contribution is -2.30. The predicted molar refractivity (Wildman–Crippen MR) is 381 cm³/mol. The minimum Gasteiger partial charge on any atom is -0.462 e. The van der Waals surface area contributed by atoms with Gasteiger partial charge < -0.3 is 33.8 Å². The van der Waals surface area contributed by atoms with Crippen LogP contribution in [0.3, 0.4) is 0 Å². The number of allylic oxidation sites excluding steroid dienone is 4. The molecule has 0 aromatic rings. The second-order valence-electron chi connectivity index (χ2n) is 26.8. The quantitative estimate of drug-likeness (QED) is 0.0169. The van der Waals surface area contributed by atoms with Crippen LogP contribution >= 0.6 is 15.6 Å². The van der Waals surface area contributed by atoms with Gasteiger partial charge >= 0.3 is 39.5 Å². The molecule has 0 aliphatic rings. The van der Waals surface area contributed by atoms with Gasteiger partial charge in [-0.2, -0.15) is 0 Å². The second-order valence-corrected chi connectivity index (χ2v) is 29.7. The molecule has 94 heavy (non-hydrogen) atoms. The van der Waals surface area contributed by atoms with Crippen molar-refractivity contribution in [2.75, 3.05) is 39.6 Å². The number of phosphoric acid groups is 2. The number of hydrogen-bond acceptors (Lipinski definition) is 15. The number of unbranched alkanes of at least 4 members (excludes halogenated alkanes) is 42. The number of ether oxygens (including phenoxy) is 4. The summed E-state index contributed by atoms with van der Waals surface area (Å²) in [5.74, 6) is -1.34. The van der Waals surface area contributed by atoms with Crippen molar-refractivity contribution in [1.82, 2.24) is 0 Å². The van der Waals surface area contributed by atoms with Crippen LogP contribution in [0.15, 0.2) is 24.3 Å². The van der Waals surface area contributed by atoms with Crippen LogP contribution in [0.25, 0.3) is 0 Å². The van der Waals surface area contributed by atoms with E-state index in [2.05, 4.69) is 58.9 Å². The number of hydrogen-bond donors (Lipinski definition) is 3. The SMILES string of the molecule is CCCCCC/C=C\C=C/CCCCCCCC(=O)OC[C@H](COP(=O)(O)OC[C@@H](O)COP(=O)(O)OC[C@@H](COC(=O)CCCCCCCCCC)OC(=O)CCCCCCCCCCCCCC)OC(=O)CCCCCCCCCCCCCCCCCCC(C)C. The molecule has 0 heterocycles. The van der Waals surface area contributed by atoms with Crippen molar-refractivity contribution >= 4 is 39.5 Å². The third-order valence-electron chi connectivity index (χ3n) is 16.9. The van der Waals surface area contributed by atoms with Crippen LogP contribution in [0.5, 0.6) is 0 Å². The average molecular weight is 1380 g/mol. The first-order valence-electron chi connectivity index (χ1n) is 38.5. The van der Waals surface area contributed by atoms with E-state index in [1.807, 2.05) is 0 Å². The summed E-state index contributed by atoms with van der Waals surface area (Å²) in [6.07, 6.45) is 59.1. The molecule has 0 aromatic heterocycles. The van der Waals surface area contributed by atoms with Crippen molar-refractivity contribution in [3.05, 3.63) is 24.3 Å².